The SMILES string of the molecule is Cc1cc(C)n2nc(C(=O)N3CCC(C(=O)c4ccccc4)CC3)nc2n1. The molecule has 1 aromatic carbocycles. The third kappa shape index (κ3) is 3.32. The first-order chi connectivity index (χ1) is 13.0. The summed E-state index contributed by atoms with van der Waals surface area (Å²) in [6, 6.07) is 11.2. The van der Waals surface area contributed by atoms with Crippen LogP contribution in [0.2, 0.25) is 0 Å². The number of amides is 1. The topological polar surface area (TPSA) is 80.5 Å². The van der Waals surface area contributed by atoms with Crippen molar-refractivity contribution in [2.45, 2.75) is 26.7 Å². The Morgan fingerprint density at radius 2 is 1.74 bits per heavy atom. The molecule has 3 aromatic rings. The fraction of sp³-hybridized carbons (Fsp3) is 0.350. The smallest absolute Gasteiger partial charge is 0.293 e. The predicted octanol–water partition coefficient (Wildman–Crippen LogP) is 2.48. The lowest BCUT2D eigenvalue weighted by atomic mass is 9.89. The number of benzene rings is 1. The lowest BCUT2D eigenvalue weighted by Crippen LogP contribution is -2.40. The number of aromatic nitrogens is 4. The fourth-order valence-corrected chi connectivity index (χ4v) is 3.58. The van der Waals surface area contributed by atoms with Crippen molar-refractivity contribution in [3.8, 4) is 0 Å². The van der Waals surface area contributed by atoms with Gasteiger partial charge in [-0.1, -0.05) is 30.3 Å². The molecular weight excluding hydrogens is 342 g/mol. The van der Waals surface area contributed by atoms with Crippen LogP contribution in [0.15, 0.2) is 36.4 Å². The van der Waals surface area contributed by atoms with E-state index in [-0.39, 0.29) is 23.4 Å². The molecule has 0 radical (unpaired) electrons. The lowest BCUT2D eigenvalue weighted by molar-refractivity contribution is 0.0640. The molecule has 3 heterocycles. The third-order valence-corrected chi connectivity index (χ3v) is 5.02. The maximum absolute atomic E-state index is 12.8. The van der Waals surface area contributed by atoms with Gasteiger partial charge in [0.25, 0.3) is 11.7 Å². The molecule has 7 heteroatoms. The Morgan fingerprint density at radius 3 is 2.44 bits per heavy atom. The number of fused-ring (bicyclic) bond motifs is 1. The Morgan fingerprint density at radius 1 is 1.04 bits per heavy atom. The Labute approximate surface area is 157 Å². The van der Waals surface area contributed by atoms with Gasteiger partial charge in [-0.15, -0.1) is 5.10 Å². The van der Waals surface area contributed by atoms with Crippen molar-refractivity contribution in [2.24, 2.45) is 5.92 Å². The van der Waals surface area contributed by atoms with Crippen LogP contribution < -0.4 is 0 Å². The maximum Gasteiger partial charge on any atom is 0.293 e. The van der Waals surface area contributed by atoms with Crippen molar-refractivity contribution in [1.29, 1.82) is 0 Å². The maximum atomic E-state index is 12.8. The molecule has 0 bridgehead atoms. The van der Waals surface area contributed by atoms with Crippen molar-refractivity contribution in [2.75, 3.05) is 13.1 Å². The van der Waals surface area contributed by atoms with Gasteiger partial charge in [-0.05, 0) is 32.8 Å². The molecule has 7 nitrogen and oxygen atoms in total. The number of ketones is 1. The molecule has 1 aliphatic rings. The van der Waals surface area contributed by atoms with Crippen molar-refractivity contribution in [3.63, 3.8) is 0 Å². The summed E-state index contributed by atoms with van der Waals surface area (Å²) >= 11 is 0. The van der Waals surface area contributed by atoms with E-state index in [2.05, 4.69) is 15.1 Å². The van der Waals surface area contributed by atoms with E-state index in [1.807, 2.05) is 50.2 Å². The zero-order chi connectivity index (χ0) is 19.0. The minimum Gasteiger partial charge on any atom is -0.336 e. The van der Waals surface area contributed by atoms with Gasteiger partial charge in [-0.2, -0.15) is 4.98 Å². The molecular formula is C20H21N5O2. The van der Waals surface area contributed by atoms with E-state index >= 15 is 0 Å². The van der Waals surface area contributed by atoms with E-state index in [1.165, 1.54) is 0 Å². The quantitative estimate of drug-likeness (QED) is 0.668. The highest BCUT2D eigenvalue weighted by atomic mass is 16.2. The highest BCUT2D eigenvalue weighted by molar-refractivity contribution is 5.98. The Bertz CT molecular complexity index is 1000. The number of piperidine rings is 1. The molecule has 0 spiro atoms. The van der Waals surface area contributed by atoms with Gasteiger partial charge in [-0.3, -0.25) is 9.59 Å². The van der Waals surface area contributed by atoms with Crippen molar-refractivity contribution in [3.05, 3.63) is 59.2 Å². The van der Waals surface area contributed by atoms with Gasteiger partial charge in [-0.25, -0.2) is 9.50 Å². The molecule has 0 unspecified atom stereocenters. The minimum atomic E-state index is -0.205. The number of Topliss-reactive ketones (excluding diaryl/α,β-unsaturated/α-hetero) is 1. The Balaban J connectivity index is 1.46. The van der Waals surface area contributed by atoms with Crippen molar-refractivity contribution >= 4 is 17.5 Å². The average molecular weight is 363 g/mol. The summed E-state index contributed by atoms with van der Waals surface area (Å²) < 4.78 is 1.59. The van der Waals surface area contributed by atoms with Gasteiger partial charge >= 0.3 is 0 Å². The van der Waals surface area contributed by atoms with Crippen molar-refractivity contribution < 1.29 is 9.59 Å². The number of likely N-dealkylation sites (tertiary alicyclic amines) is 1. The molecule has 1 fully saturated rings. The number of nitrogens with zero attached hydrogens (tertiary/aromatic N) is 5. The first kappa shape index (κ1) is 17.3. The second-order valence-electron chi connectivity index (χ2n) is 6.98. The fourth-order valence-electron chi connectivity index (χ4n) is 3.58. The molecule has 27 heavy (non-hydrogen) atoms. The highest BCUT2D eigenvalue weighted by Gasteiger charge is 2.30. The second-order valence-corrected chi connectivity index (χ2v) is 6.98. The standard InChI is InChI=1S/C20H21N5O2/c1-13-12-14(2)25-20(21-13)22-18(23-25)19(27)24-10-8-16(9-11-24)17(26)15-6-4-3-5-7-15/h3-7,12,16H,8-11H2,1-2H3. The number of carbonyl (C=O) groups is 2. The molecule has 1 aliphatic heterocycles. The zero-order valence-corrected chi connectivity index (χ0v) is 15.4. The Kier molecular flexibility index (Phi) is 4.43. The molecule has 0 atom stereocenters. The summed E-state index contributed by atoms with van der Waals surface area (Å²) in [7, 11) is 0. The molecule has 0 N–H and O–H groups in total. The van der Waals surface area contributed by atoms with Gasteiger partial charge in [0.05, 0.1) is 0 Å². The number of hydrogen-bond acceptors (Lipinski definition) is 5. The highest BCUT2D eigenvalue weighted by Crippen LogP contribution is 2.22. The molecule has 1 amide bonds. The summed E-state index contributed by atoms with van der Waals surface area (Å²) in [5.74, 6) is 0.498. The van der Waals surface area contributed by atoms with E-state index < -0.39 is 0 Å². The van der Waals surface area contributed by atoms with E-state index in [9.17, 15) is 9.59 Å². The molecule has 0 aliphatic carbocycles. The summed E-state index contributed by atoms with van der Waals surface area (Å²) in [6.07, 6.45) is 1.31. The number of rotatable bonds is 3. The van der Waals surface area contributed by atoms with Crippen LogP contribution in [0.1, 0.15) is 45.2 Å². The van der Waals surface area contributed by atoms with Crippen LogP contribution in [0.4, 0.5) is 0 Å². The van der Waals surface area contributed by atoms with E-state index in [0.717, 1.165) is 17.0 Å². The summed E-state index contributed by atoms with van der Waals surface area (Å²) in [6.45, 7) is 4.86. The van der Waals surface area contributed by atoms with Gasteiger partial charge in [0.1, 0.15) is 0 Å². The van der Waals surface area contributed by atoms with Gasteiger partial charge in [0.2, 0.25) is 5.82 Å². The number of carbonyl (C=O) groups excluding carboxylic acids is 2. The Hall–Kier alpha value is -3.09. The van der Waals surface area contributed by atoms with Gasteiger partial charge < -0.3 is 4.90 Å². The van der Waals surface area contributed by atoms with E-state index in [4.69, 9.17) is 0 Å². The van der Waals surface area contributed by atoms with Crippen LogP contribution in [0.5, 0.6) is 0 Å². The zero-order valence-electron chi connectivity index (χ0n) is 15.4. The summed E-state index contributed by atoms with van der Waals surface area (Å²) in [5, 5.41) is 4.32. The monoisotopic (exact) mass is 363 g/mol. The first-order valence-electron chi connectivity index (χ1n) is 9.12. The minimum absolute atomic E-state index is 0.0444. The summed E-state index contributed by atoms with van der Waals surface area (Å²) in [5.41, 5.74) is 2.46. The third-order valence-electron chi connectivity index (χ3n) is 5.02. The van der Waals surface area contributed by atoms with Crippen LogP contribution >= 0.6 is 0 Å². The van der Waals surface area contributed by atoms with Gasteiger partial charge in [0.15, 0.2) is 5.78 Å². The van der Waals surface area contributed by atoms with Crippen LogP contribution in [-0.4, -0.2) is 49.3 Å². The van der Waals surface area contributed by atoms with Crippen LogP contribution in [0, 0.1) is 19.8 Å². The van der Waals surface area contributed by atoms with Crippen LogP contribution in [0.25, 0.3) is 5.78 Å². The van der Waals surface area contributed by atoms with Crippen LogP contribution in [-0.2, 0) is 0 Å². The van der Waals surface area contributed by atoms with Gasteiger partial charge in [0, 0.05) is 36.0 Å². The number of aryl methyl sites for hydroxylation is 2. The molecule has 2 aromatic heterocycles. The largest absolute Gasteiger partial charge is 0.336 e. The molecule has 138 valence electrons. The normalized spacial score (nSPS) is 15.3. The predicted molar refractivity (Wildman–Crippen MR) is 99.7 cm³/mol. The average Bonchev–Trinajstić information content (AvgIpc) is 3.12. The first-order valence-corrected chi connectivity index (χ1v) is 9.12. The van der Waals surface area contributed by atoms with E-state index in [0.29, 0.717) is 31.7 Å². The molecule has 0 saturated carbocycles. The lowest BCUT2D eigenvalue weighted by Gasteiger charge is -2.30. The number of hydrogen-bond donors (Lipinski definition) is 0. The second kappa shape index (κ2) is 6.90. The van der Waals surface area contributed by atoms with E-state index in [1.54, 1.807) is 9.42 Å². The van der Waals surface area contributed by atoms with Crippen molar-refractivity contribution in [1.82, 2.24) is 24.5 Å². The summed E-state index contributed by atoms with van der Waals surface area (Å²) in [4.78, 5) is 35.7. The molecule has 1 saturated heterocycles. The molecule has 4 rings (SSSR count). The van der Waals surface area contributed by atoms with Crippen LogP contribution in [0.3, 0.4) is 0 Å².